The number of nitrogens with one attached hydrogen (secondary N) is 1. The zero-order valence-corrected chi connectivity index (χ0v) is 9.82. The van der Waals surface area contributed by atoms with Crippen molar-refractivity contribution in [3.8, 4) is 22.8 Å². The summed E-state index contributed by atoms with van der Waals surface area (Å²) in [5.74, 6) is 0.840. The van der Waals surface area contributed by atoms with Crippen LogP contribution in [0, 0.1) is 0 Å². The lowest BCUT2D eigenvalue weighted by Crippen LogP contribution is -2.14. The summed E-state index contributed by atoms with van der Waals surface area (Å²) in [6.45, 7) is 0. The molecule has 3 aromatic rings. The van der Waals surface area contributed by atoms with E-state index in [1.807, 2.05) is 0 Å². The van der Waals surface area contributed by atoms with Crippen LogP contribution in [0.5, 0.6) is 0 Å². The van der Waals surface area contributed by atoms with Gasteiger partial charge >= 0.3 is 5.69 Å². The molecule has 0 aliphatic carbocycles. The van der Waals surface area contributed by atoms with Crippen LogP contribution in [0.2, 0.25) is 0 Å². The highest BCUT2D eigenvalue weighted by Crippen LogP contribution is 2.16. The Balaban J connectivity index is 2.15. The topological polar surface area (TPSA) is 84.4 Å². The van der Waals surface area contributed by atoms with Gasteiger partial charge in [-0.15, -0.1) is 0 Å². The average molecular weight is 251 g/mol. The maximum Gasteiger partial charge on any atom is 0.348 e. The summed E-state index contributed by atoms with van der Waals surface area (Å²) in [4.78, 5) is 30.3. The van der Waals surface area contributed by atoms with Crippen LogP contribution in [0.1, 0.15) is 0 Å². The van der Waals surface area contributed by atoms with Crippen LogP contribution in [0.4, 0.5) is 0 Å². The van der Waals surface area contributed by atoms with E-state index in [1.54, 1.807) is 49.1 Å². The van der Waals surface area contributed by atoms with Gasteiger partial charge < -0.3 is 0 Å². The first-order chi connectivity index (χ1) is 9.33. The van der Waals surface area contributed by atoms with Crippen LogP contribution in [0.25, 0.3) is 22.8 Å². The Hall–Kier alpha value is -2.89. The fraction of sp³-hybridized carbons (Fsp3) is 0. The second-order valence-electron chi connectivity index (χ2n) is 3.80. The Morgan fingerprint density at radius 3 is 2.00 bits per heavy atom. The third kappa shape index (κ3) is 2.37. The van der Waals surface area contributed by atoms with Gasteiger partial charge in [-0.05, 0) is 24.3 Å². The van der Waals surface area contributed by atoms with Gasteiger partial charge in [0.25, 0.3) is 0 Å². The highest BCUT2D eigenvalue weighted by molar-refractivity contribution is 5.59. The molecule has 0 aromatic carbocycles. The minimum atomic E-state index is -0.436. The van der Waals surface area contributed by atoms with Gasteiger partial charge in [0.1, 0.15) is 5.82 Å². The lowest BCUT2D eigenvalue weighted by Gasteiger charge is -2.03. The minimum Gasteiger partial charge on any atom is -0.290 e. The Labute approximate surface area is 108 Å². The van der Waals surface area contributed by atoms with Crippen LogP contribution in [0.3, 0.4) is 0 Å². The number of H-pyrrole nitrogens is 1. The maximum absolute atomic E-state index is 11.6. The van der Waals surface area contributed by atoms with Crippen molar-refractivity contribution >= 4 is 0 Å². The molecular weight excluding hydrogens is 242 g/mol. The van der Waals surface area contributed by atoms with Crippen molar-refractivity contribution in [2.24, 2.45) is 0 Å². The van der Waals surface area contributed by atoms with E-state index in [1.165, 1.54) is 0 Å². The summed E-state index contributed by atoms with van der Waals surface area (Å²) in [6, 6.07) is 7.05. The highest BCUT2D eigenvalue weighted by Gasteiger charge is 2.06. The van der Waals surface area contributed by atoms with E-state index in [0.29, 0.717) is 11.6 Å². The summed E-state index contributed by atoms with van der Waals surface area (Å²) < 4.78 is 0. The fourth-order valence-electron chi connectivity index (χ4n) is 1.66. The molecule has 6 nitrogen and oxygen atoms in total. The molecule has 19 heavy (non-hydrogen) atoms. The summed E-state index contributed by atoms with van der Waals surface area (Å²) in [5, 5.41) is 0. The number of nitrogens with zero attached hydrogens (tertiary/aromatic N) is 4. The molecule has 0 radical (unpaired) electrons. The second kappa shape index (κ2) is 4.77. The summed E-state index contributed by atoms with van der Waals surface area (Å²) in [7, 11) is 0. The van der Waals surface area contributed by atoms with Gasteiger partial charge in [0.05, 0.1) is 0 Å². The normalized spacial score (nSPS) is 10.3. The first-order valence-electron chi connectivity index (χ1n) is 5.62. The Morgan fingerprint density at radius 1 is 0.789 bits per heavy atom. The van der Waals surface area contributed by atoms with E-state index < -0.39 is 5.69 Å². The minimum absolute atomic E-state index is 0.373. The third-order valence-corrected chi connectivity index (χ3v) is 2.54. The zero-order chi connectivity index (χ0) is 13.1. The van der Waals surface area contributed by atoms with Gasteiger partial charge in [0.15, 0.2) is 5.82 Å². The molecule has 0 aliphatic heterocycles. The first kappa shape index (κ1) is 11.2. The van der Waals surface area contributed by atoms with Gasteiger partial charge in [-0.1, -0.05) is 0 Å². The molecule has 0 bridgehead atoms. The first-order valence-corrected chi connectivity index (χ1v) is 5.62. The zero-order valence-electron chi connectivity index (χ0n) is 9.82. The van der Waals surface area contributed by atoms with E-state index in [9.17, 15) is 4.79 Å². The Bertz CT molecular complexity index is 679. The molecule has 0 atom stereocenters. The molecular formula is C13H9N5O. The lowest BCUT2D eigenvalue weighted by molar-refractivity contribution is 1.00. The fourth-order valence-corrected chi connectivity index (χ4v) is 1.66. The number of hydrogen-bond acceptors (Lipinski definition) is 5. The number of hydrogen-bond donors (Lipinski definition) is 1. The second-order valence-corrected chi connectivity index (χ2v) is 3.80. The molecule has 3 heterocycles. The molecule has 0 unspecified atom stereocenters. The molecule has 1 N–H and O–H groups in total. The average Bonchev–Trinajstić information content (AvgIpc) is 2.48. The van der Waals surface area contributed by atoms with Crippen molar-refractivity contribution in [1.82, 2.24) is 24.9 Å². The van der Waals surface area contributed by atoms with E-state index >= 15 is 0 Å². The summed E-state index contributed by atoms with van der Waals surface area (Å²) in [6.07, 6.45) is 6.54. The third-order valence-electron chi connectivity index (χ3n) is 2.54. The lowest BCUT2D eigenvalue weighted by atomic mass is 10.2. The monoisotopic (exact) mass is 251 g/mol. The van der Waals surface area contributed by atoms with Gasteiger partial charge in [0, 0.05) is 35.9 Å². The smallest absolute Gasteiger partial charge is 0.290 e. The number of pyridine rings is 2. The SMILES string of the molecule is O=c1nc(-c2ccncc2)nc(-c2ccncc2)[nH]1. The van der Waals surface area contributed by atoms with E-state index in [4.69, 9.17) is 0 Å². The van der Waals surface area contributed by atoms with Crippen molar-refractivity contribution in [2.45, 2.75) is 0 Å². The van der Waals surface area contributed by atoms with Crippen LogP contribution in [-0.2, 0) is 0 Å². The molecule has 6 heteroatoms. The van der Waals surface area contributed by atoms with Gasteiger partial charge in [-0.2, -0.15) is 4.98 Å². The van der Waals surface area contributed by atoms with E-state index in [2.05, 4.69) is 24.9 Å². The maximum atomic E-state index is 11.6. The largest absolute Gasteiger partial charge is 0.348 e. The molecule has 0 saturated heterocycles. The molecule has 3 aromatic heterocycles. The summed E-state index contributed by atoms with van der Waals surface area (Å²) in [5.41, 5.74) is 1.09. The number of rotatable bonds is 2. The molecule has 0 amide bonds. The summed E-state index contributed by atoms with van der Waals surface area (Å²) >= 11 is 0. The van der Waals surface area contributed by atoms with Gasteiger partial charge in [0.2, 0.25) is 0 Å². The van der Waals surface area contributed by atoms with E-state index in [-0.39, 0.29) is 0 Å². The molecule has 0 aliphatic rings. The predicted molar refractivity (Wildman–Crippen MR) is 69.1 cm³/mol. The van der Waals surface area contributed by atoms with Crippen molar-refractivity contribution in [3.05, 3.63) is 59.5 Å². The van der Waals surface area contributed by atoms with Crippen LogP contribution >= 0.6 is 0 Å². The number of aromatic amines is 1. The highest BCUT2D eigenvalue weighted by atomic mass is 16.1. The van der Waals surface area contributed by atoms with E-state index in [0.717, 1.165) is 11.1 Å². The molecule has 0 saturated carbocycles. The van der Waals surface area contributed by atoms with Crippen molar-refractivity contribution < 1.29 is 0 Å². The quantitative estimate of drug-likeness (QED) is 0.741. The standard InChI is InChI=1S/C13H9N5O/c19-13-17-11(9-1-5-14-6-2-9)16-12(18-13)10-3-7-15-8-4-10/h1-8H,(H,16,17,18,19). The van der Waals surface area contributed by atoms with Gasteiger partial charge in [-0.3, -0.25) is 15.0 Å². The predicted octanol–water partition coefficient (Wildman–Crippen LogP) is 1.29. The molecule has 3 rings (SSSR count). The Kier molecular flexibility index (Phi) is 2.82. The van der Waals surface area contributed by atoms with Crippen LogP contribution in [0.15, 0.2) is 53.8 Å². The molecule has 92 valence electrons. The molecule has 0 spiro atoms. The van der Waals surface area contributed by atoms with Crippen LogP contribution in [-0.4, -0.2) is 24.9 Å². The van der Waals surface area contributed by atoms with Crippen molar-refractivity contribution in [2.75, 3.05) is 0 Å². The van der Waals surface area contributed by atoms with Crippen LogP contribution < -0.4 is 5.69 Å². The Morgan fingerprint density at radius 2 is 1.37 bits per heavy atom. The van der Waals surface area contributed by atoms with Crippen molar-refractivity contribution in [1.29, 1.82) is 0 Å². The van der Waals surface area contributed by atoms with Gasteiger partial charge in [-0.25, -0.2) is 9.78 Å². The number of aromatic nitrogens is 5. The molecule has 0 fully saturated rings. The van der Waals surface area contributed by atoms with Crippen molar-refractivity contribution in [3.63, 3.8) is 0 Å².